The summed E-state index contributed by atoms with van der Waals surface area (Å²) in [5, 5.41) is 7.41. The molecule has 152 valence electrons. The van der Waals surface area contributed by atoms with Gasteiger partial charge in [-0.1, -0.05) is 30.3 Å². The quantitative estimate of drug-likeness (QED) is 0.557. The van der Waals surface area contributed by atoms with Gasteiger partial charge in [0.1, 0.15) is 12.3 Å². The van der Waals surface area contributed by atoms with E-state index in [1.807, 2.05) is 48.2 Å². The Hall–Kier alpha value is -3.61. The summed E-state index contributed by atoms with van der Waals surface area (Å²) < 4.78 is 9.84. The van der Waals surface area contributed by atoms with Crippen molar-refractivity contribution in [2.24, 2.45) is 7.05 Å². The highest BCUT2D eigenvalue weighted by Gasteiger charge is 2.24. The molecule has 5 rings (SSSR count). The van der Waals surface area contributed by atoms with Crippen molar-refractivity contribution in [1.29, 1.82) is 0 Å². The maximum absolute atomic E-state index is 11.5. The van der Waals surface area contributed by atoms with E-state index >= 15 is 0 Å². The summed E-state index contributed by atoms with van der Waals surface area (Å²) in [6.07, 6.45) is 7.38. The number of hydrogen-bond acceptors (Lipinski definition) is 4. The summed E-state index contributed by atoms with van der Waals surface area (Å²) >= 11 is 0. The topological polar surface area (TPSA) is 73.5 Å². The molecule has 1 saturated heterocycles. The van der Waals surface area contributed by atoms with Crippen molar-refractivity contribution in [2.75, 3.05) is 6.54 Å². The first-order valence-corrected chi connectivity index (χ1v) is 10.1. The summed E-state index contributed by atoms with van der Waals surface area (Å²) in [5.74, 6) is 0.996. The predicted octanol–water partition coefficient (Wildman–Crippen LogP) is 3.31. The Kier molecular flexibility index (Phi) is 4.71. The van der Waals surface area contributed by atoms with Crippen LogP contribution in [0.15, 0.2) is 61.1 Å². The molecule has 1 aliphatic rings. The third kappa shape index (κ3) is 3.66. The zero-order chi connectivity index (χ0) is 20.5. The molecule has 3 aromatic heterocycles. The van der Waals surface area contributed by atoms with E-state index < -0.39 is 0 Å². The van der Waals surface area contributed by atoms with E-state index in [1.54, 1.807) is 4.68 Å². The Balaban J connectivity index is 1.28. The van der Waals surface area contributed by atoms with E-state index in [0.717, 1.165) is 34.5 Å². The summed E-state index contributed by atoms with van der Waals surface area (Å²) in [5.41, 5.74) is 5.07. The number of fused-ring (bicyclic) bond motifs is 1. The lowest BCUT2D eigenvalue weighted by Crippen LogP contribution is -2.33. The van der Waals surface area contributed by atoms with Crippen molar-refractivity contribution in [2.45, 2.75) is 25.4 Å². The van der Waals surface area contributed by atoms with Crippen molar-refractivity contribution < 1.29 is 9.53 Å². The smallest absolute Gasteiger partial charge is 0.236 e. The maximum atomic E-state index is 11.5. The average Bonchev–Trinajstić information content (AvgIpc) is 3.36. The van der Waals surface area contributed by atoms with Crippen molar-refractivity contribution in [3.05, 3.63) is 72.2 Å². The molecule has 0 aliphatic carbocycles. The van der Waals surface area contributed by atoms with E-state index in [0.29, 0.717) is 25.5 Å². The minimum Gasteiger partial charge on any atom is -0.472 e. The van der Waals surface area contributed by atoms with E-state index in [-0.39, 0.29) is 11.8 Å². The van der Waals surface area contributed by atoms with Crippen LogP contribution in [0.4, 0.5) is 0 Å². The lowest BCUT2D eigenvalue weighted by Gasteiger charge is -2.22. The Morgan fingerprint density at radius 2 is 2.03 bits per heavy atom. The van der Waals surface area contributed by atoms with Gasteiger partial charge in [0.05, 0.1) is 5.69 Å². The van der Waals surface area contributed by atoms with Gasteiger partial charge >= 0.3 is 0 Å². The van der Waals surface area contributed by atoms with Gasteiger partial charge in [-0.3, -0.25) is 9.48 Å². The van der Waals surface area contributed by atoms with Crippen molar-refractivity contribution in [1.82, 2.24) is 24.5 Å². The van der Waals surface area contributed by atoms with Gasteiger partial charge in [0.25, 0.3) is 0 Å². The number of piperidine rings is 1. The molecule has 7 nitrogen and oxygen atoms in total. The first-order valence-electron chi connectivity index (χ1n) is 10.1. The fourth-order valence-electron chi connectivity index (χ4n) is 3.87. The van der Waals surface area contributed by atoms with Gasteiger partial charge in [-0.25, -0.2) is 4.98 Å². The molecule has 1 aromatic carbocycles. The molecule has 4 aromatic rings. The first kappa shape index (κ1) is 18.4. The molecule has 0 spiro atoms. The molecular weight excluding hydrogens is 378 g/mol. The van der Waals surface area contributed by atoms with Crippen molar-refractivity contribution >= 4 is 11.6 Å². The lowest BCUT2D eigenvalue weighted by atomic mass is 9.93. The molecule has 30 heavy (non-hydrogen) atoms. The second kappa shape index (κ2) is 7.67. The van der Waals surface area contributed by atoms with Crippen molar-refractivity contribution in [3.8, 4) is 17.1 Å². The number of hydrogen-bond donors (Lipinski definition) is 1. The summed E-state index contributed by atoms with van der Waals surface area (Å²) in [7, 11) is 1.89. The van der Waals surface area contributed by atoms with E-state index in [4.69, 9.17) is 4.74 Å². The van der Waals surface area contributed by atoms with E-state index in [1.165, 1.54) is 0 Å². The number of carbonyl (C=O) groups is 1. The number of pyridine rings is 1. The van der Waals surface area contributed by atoms with Crippen LogP contribution in [0.3, 0.4) is 0 Å². The third-order valence-corrected chi connectivity index (χ3v) is 5.52. The minimum atomic E-state index is 0.114. The fraction of sp³-hybridized carbons (Fsp3) is 0.261. The van der Waals surface area contributed by atoms with Gasteiger partial charge in [-0.15, -0.1) is 5.10 Å². The molecule has 4 heterocycles. The Labute approximate surface area is 174 Å². The van der Waals surface area contributed by atoms with Crippen LogP contribution in [0.25, 0.3) is 16.9 Å². The Bertz CT molecular complexity index is 1150. The molecule has 0 radical (unpaired) electrons. The molecule has 1 atom stereocenters. The van der Waals surface area contributed by atoms with Gasteiger partial charge < -0.3 is 14.5 Å². The number of aryl methyl sites for hydroxylation is 1. The van der Waals surface area contributed by atoms with Crippen LogP contribution >= 0.6 is 0 Å². The number of nitrogens with one attached hydrogen (secondary N) is 1. The average molecular weight is 401 g/mol. The van der Waals surface area contributed by atoms with E-state index in [9.17, 15) is 4.79 Å². The second-order valence-corrected chi connectivity index (χ2v) is 7.68. The van der Waals surface area contributed by atoms with Gasteiger partial charge in [0.15, 0.2) is 0 Å². The second-order valence-electron chi connectivity index (χ2n) is 7.68. The van der Waals surface area contributed by atoms with Crippen LogP contribution in [0.5, 0.6) is 5.88 Å². The predicted molar refractivity (Wildman–Crippen MR) is 113 cm³/mol. The van der Waals surface area contributed by atoms with Gasteiger partial charge in [-0.2, -0.15) is 0 Å². The van der Waals surface area contributed by atoms with Crippen LogP contribution in [0.2, 0.25) is 0 Å². The van der Waals surface area contributed by atoms with Gasteiger partial charge in [-0.05, 0) is 24.1 Å². The molecule has 1 amide bonds. The molecule has 1 fully saturated rings. The highest BCUT2D eigenvalue weighted by molar-refractivity contribution is 5.77. The highest BCUT2D eigenvalue weighted by atomic mass is 16.5. The zero-order valence-corrected chi connectivity index (χ0v) is 16.8. The molecule has 0 bridgehead atoms. The van der Waals surface area contributed by atoms with Crippen LogP contribution < -0.4 is 10.1 Å². The highest BCUT2D eigenvalue weighted by Crippen LogP contribution is 2.31. The number of imidazole rings is 1. The molecule has 1 N–H and O–H groups in total. The number of ether oxygens (including phenoxy) is 1. The van der Waals surface area contributed by atoms with Crippen LogP contribution in [0.1, 0.15) is 29.9 Å². The summed E-state index contributed by atoms with van der Waals surface area (Å²) in [6, 6.07) is 14.2. The number of rotatable bonds is 5. The van der Waals surface area contributed by atoms with Crippen molar-refractivity contribution in [3.63, 3.8) is 0 Å². The van der Waals surface area contributed by atoms with Gasteiger partial charge in [0.2, 0.25) is 11.8 Å². The fourth-order valence-corrected chi connectivity index (χ4v) is 3.87. The largest absolute Gasteiger partial charge is 0.472 e. The number of aromatic nitrogens is 4. The molecule has 1 aliphatic heterocycles. The molecule has 1 unspecified atom stereocenters. The zero-order valence-electron chi connectivity index (χ0n) is 16.8. The molecule has 0 saturated carbocycles. The molecular formula is C23H23N5O2. The monoisotopic (exact) mass is 401 g/mol. The SMILES string of the molecule is Cn1cc(C2CCC(=O)NC2)c(OCc2ccc(-c3cn4ccccc4n3)cc2)n1. The standard InChI is InChI=1S/C23H23N5O2/c1-27-13-19(18-9-10-22(29)24-12-18)23(26-27)30-15-16-5-7-17(8-6-16)20-14-28-11-3-2-4-21(28)25-20/h2-8,11,13-14,18H,9-10,12,15H2,1H3,(H,24,29). The summed E-state index contributed by atoms with van der Waals surface area (Å²) in [6.45, 7) is 1.07. The third-order valence-electron chi connectivity index (χ3n) is 5.52. The summed E-state index contributed by atoms with van der Waals surface area (Å²) in [4.78, 5) is 16.1. The van der Waals surface area contributed by atoms with E-state index in [2.05, 4.69) is 39.7 Å². The van der Waals surface area contributed by atoms with Gasteiger partial charge in [0, 0.05) is 55.6 Å². The Morgan fingerprint density at radius 3 is 2.80 bits per heavy atom. The Morgan fingerprint density at radius 1 is 1.17 bits per heavy atom. The minimum absolute atomic E-state index is 0.114. The van der Waals surface area contributed by atoms with Crippen LogP contribution in [-0.2, 0) is 18.4 Å². The van der Waals surface area contributed by atoms with Crippen LogP contribution in [-0.4, -0.2) is 31.6 Å². The lowest BCUT2D eigenvalue weighted by molar-refractivity contribution is -0.122. The normalized spacial score (nSPS) is 16.6. The number of benzene rings is 1. The maximum Gasteiger partial charge on any atom is 0.236 e. The molecule has 7 heteroatoms. The number of nitrogens with zero attached hydrogens (tertiary/aromatic N) is 4. The van der Waals surface area contributed by atoms with Crippen LogP contribution in [0, 0.1) is 0 Å². The first-order chi connectivity index (χ1) is 14.7. The number of carbonyl (C=O) groups excluding carboxylic acids is 1. The number of amides is 1.